The summed E-state index contributed by atoms with van der Waals surface area (Å²) in [5, 5.41) is 10.8. The van der Waals surface area contributed by atoms with Gasteiger partial charge in [-0.1, -0.05) is 18.2 Å². The summed E-state index contributed by atoms with van der Waals surface area (Å²) in [6, 6.07) is 9.38. The van der Waals surface area contributed by atoms with Crippen molar-refractivity contribution in [3.05, 3.63) is 59.4 Å². The van der Waals surface area contributed by atoms with Crippen molar-refractivity contribution in [2.24, 2.45) is 0 Å². The fraction of sp³-hybridized carbons (Fsp3) is 0.273. The fourth-order valence-corrected chi connectivity index (χ4v) is 4.15. The largest absolute Gasteiger partial charge is 0.372 e. The topological polar surface area (TPSA) is 104 Å². The van der Waals surface area contributed by atoms with Crippen LogP contribution in [0.3, 0.4) is 0 Å². The van der Waals surface area contributed by atoms with Gasteiger partial charge in [0.1, 0.15) is 6.10 Å². The molecule has 2 atom stereocenters. The number of carbonyl (C=O) groups excluding carboxylic acids is 3. The van der Waals surface area contributed by atoms with Gasteiger partial charge in [-0.05, 0) is 36.4 Å². The highest BCUT2D eigenvalue weighted by Gasteiger charge is 2.34. The number of imide groups is 1. The van der Waals surface area contributed by atoms with Crippen LogP contribution in [0.2, 0.25) is 0 Å². The van der Waals surface area contributed by atoms with E-state index in [1.54, 1.807) is 24.4 Å². The molecular weight excluding hydrogens is 384 g/mol. The van der Waals surface area contributed by atoms with E-state index in [1.165, 1.54) is 0 Å². The fourth-order valence-electron chi connectivity index (χ4n) is 4.15. The highest BCUT2D eigenvalue weighted by Crippen LogP contribution is 2.43. The van der Waals surface area contributed by atoms with Gasteiger partial charge in [0.15, 0.2) is 0 Å². The van der Waals surface area contributed by atoms with Crippen LogP contribution in [-0.2, 0) is 14.3 Å². The van der Waals surface area contributed by atoms with Gasteiger partial charge in [0.05, 0.1) is 11.9 Å². The lowest BCUT2D eigenvalue weighted by Crippen LogP contribution is -2.36. The SMILES string of the molecule is COC(c1cn[nH]c1)c1ccc2c3c(cccc13)C(=O)N2C(C)CCC(=O)NC=O. The van der Waals surface area contributed by atoms with E-state index in [2.05, 4.69) is 15.5 Å². The Morgan fingerprint density at radius 3 is 2.87 bits per heavy atom. The van der Waals surface area contributed by atoms with Gasteiger partial charge in [-0.2, -0.15) is 5.10 Å². The molecule has 4 rings (SSSR count). The van der Waals surface area contributed by atoms with Crippen molar-refractivity contribution in [3.63, 3.8) is 0 Å². The lowest BCUT2D eigenvalue weighted by Gasteiger charge is -2.26. The molecule has 8 nitrogen and oxygen atoms in total. The molecule has 0 fully saturated rings. The molecule has 2 aromatic carbocycles. The minimum Gasteiger partial charge on any atom is -0.372 e. The van der Waals surface area contributed by atoms with Crippen molar-refractivity contribution in [1.82, 2.24) is 15.5 Å². The van der Waals surface area contributed by atoms with E-state index in [-0.39, 0.29) is 30.4 Å². The van der Waals surface area contributed by atoms with Crippen molar-refractivity contribution in [2.75, 3.05) is 12.0 Å². The monoisotopic (exact) mass is 406 g/mol. The molecule has 8 heteroatoms. The Labute approximate surface area is 173 Å². The Morgan fingerprint density at radius 2 is 2.17 bits per heavy atom. The molecule has 2 heterocycles. The number of H-pyrrole nitrogens is 1. The number of hydrogen-bond acceptors (Lipinski definition) is 5. The molecular formula is C22H22N4O4. The third-order valence-electron chi connectivity index (χ3n) is 5.55. The minimum atomic E-state index is -0.357. The molecule has 0 spiro atoms. The molecule has 0 aliphatic carbocycles. The van der Waals surface area contributed by atoms with E-state index < -0.39 is 0 Å². The number of aromatic amines is 1. The zero-order chi connectivity index (χ0) is 21.3. The second-order valence-electron chi connectivity index (χ2n) is 7.30. The highest BCUT2D eigenvalue weighted by atomic mass is 16.5. The zero-order valence-corrected chi connectivity index (χ0v) is 16.7. The molecule has 3 aromatic rings. The van der Waals surface area contributed by atoms with Gasteiger partial charge < -0.3 is 9.64 Å². The molecule has 0 saturated carbocycles. The van der Waals surface area contributed by atoms with Crippen molar-refractivity contribution in [3.8, 4) is 0 Å². The third-order valence-corrected chi connectivity index (χ3v) is 5.55. The Balaban J connectivity index is 1.73. The number of hydrogen-bond donors (Lipinski definition) is 2. The van der Waals surface area contributed by atoms with Gasteiger partial charge in [-0.3, -0.25) is 24.8 Å². The summed E-state index contributed by atoms with van der Waals surface area (Å²) in [6.07, 6.45) is 4.17. The maximum atomic E-state index is 13.2. The molecule has 2 N–H and O–H groups in total. The molecule has 0 bridgehead atoms. The minimum absolute atomic E-state index is 0.0895. The van der Waals surface area contributed by atoms with Gasteiger partial charge in [0.25, 0.3) is 5.91 Å². The Kier molecular flexibility index (Phi) is 5.33. The first-order valence-corrected chi connectivity index (χ1v) is 9.70. The van der Waals surface area contributed by atoms with Crippen LogP contribution in [0.15, 0.2) is 42.7 Å². The average Bonchev–Trinajstić information content (AvgIpc) is 3.37. The van der Waals surface area contributed by atoms with E-state index in [1.807, 2.05) is 37.3 Å². The van der Waals surface area contributed by atoms with Crippen LogP contribution < -0.4 is 10.2 Å². The highest BCUT2D eigenvalue weighted by molar-refractivity contribution is 6.25. The van der Waals surface area contributed by atoms with Crippen molar-refractivity contribution < 1.29 is 19.1 Å². The van der Waals surface area contributed by atoms with E-state index in [0.717, 1.165) is 27.6 Å². The van der Waals surface area contributed by atoms with Crippen LogP contribution in [0.4, 0.5) is 5.69 Å². The smallest absolute Gasteiger partial charge is 0.259 e. The Hall–Kier alpha value is -3.52. The molecule has 0 saturated heterocycles. The molecule has 1 aliphatic rings. The molecule has 1 aromatic heterocycles. The third kappa shape index (κ3) is 3.25. The number of amides is 3. The van der Waals surface area contributed by atoms with Crippen LogP contribution in [-0.4, -0.2) is 41.6 Å². The summed E-state index contributed by atoms with van der Waals surface area (Å²) in [7, 11) is 1.64. The van der Waals surface area contributed by atoms with Gasteiger partial charge in [0.2, 0.25) is 12.3 Å². The summed E-state index contributed by atoms with van der Waals surface area (Å²) in [4.78, 5) is 37.0. The van der Waals surface area contributed by atoms with Gasteiger partial charge in [-0.15, -0.1) is 0 Å². The lowest BCUT2D eigenvalue weighted by molar-refractivity contribution is -0.125. The number of ether oxygens (including phenoxy) is 1. The summed E-state index contributed by atoms with van der Waals surface area (Å²) in [5.41, 5.74) is 3.30. The normalized spacial score (nSPS) is 14.7. The van der Waals surface area contributed by atoms with Gasteiger partial charge in [0, 0.05) is 42.3 Å². The summed E-state index contributed by atoms with van der Waals surface area (Å²) in [6.45, 7) is 1.90. The van der Waals surface area contributed by atoms with E-state index in [0.29, 0.717) is 18.4 Å². The number of carbonyl (C=O) groups is 3. The summed E-state index contributed by atoms with van der Waals surface area (Å²) in [5.74, 6) is -0.446. The first kappa shape index (κ1) is 19.8. The molecule has 3 amide bonds. The van der Waals surface area contributed by atoms with Crippen LogP contribution in [0.5, 0.6) is 0 Å². The molecule has 154 valence electrons. The molecule has 1 aliphatic heterocycles. The van der Waals surface area contributed by atoms with Crippen molar-refractivity contribution >= 4 is 34.7 Å². The predicted molar refractivity (Wildman–Crippen MR) is 111 cm³/mol. The Morgan fingerprint density at radius 1 is 1.33 bits per heavy atom. The average molecular weight is 406 g/mol. The first-order chi connectivity index (χ1) is 14.6. The predicted octanol–water partition coefficient (Wildman–Crippen LogP) is 2.70. The van der Waals surface area contributed by atoms with E-state index in [9.17, 15) is 14.4 Å². The summed E-state index contributed by atoms with van der Waals surface area (Å²) < 4.78 is 5.75. The second kappa shape index (κ2) is 8.08. The number of anilines is 1. The number of aromatic nitrogens is 2. The number of benzene rings is 2. The summed E-state index contributed by atoms with van der Waals surface area (Å²) >= 11 is 0. The number of nitrogens with zero attached hydrogens (tertiary/aromatic N) is 2. The lowest BCUT2D eigenvalue weighted by atomic mass is 9.95. The first-order valence-electron chi connectivity index (χ1n) is 9.70. The Bertz CT molecular complexity index is 1110. The van der Waals surface area contributed by atoms with Gasteiger partial charge >= 0.3 is 0 Å². The molecule has 2 unspecified atom stereocenters. The standard InChI is InChI=1S/C22H22N4O4/c1-13(6-9-19(28)23-12-27)26-18-8-7-16(21(30-2)14-10-24-25-11-14)15-4-3-5-17(20(15)18)22(26)29/h3-5,7-8,10-13,21H,6,9H2,1-2H3,(H,24,25)(H,23,27,28). The van der Waals surface area contributed by atoms with Crippen LogP contribution in [0.1, 0.15) is 47.4 Å². The van der Waals surface area contributed by atoms with Crippen molar-refractivity contribution in [1.29, 1.82) is 0 Å². The van der Waals surface area contributed by atoms with Crippen LogP contribution in [0.25, 0.3) is 10.8 Å². The maximum absolute atomic E-state index is 13.2. The number of nitrogens with one attached hydrogen (secondary N) is 2. The van der Waals surface area contributed by atoms with Gasteiger partial charge in [-0.25, -0.2) is 0 Å². The second-order valence-corrected chi connectivity index (χ2v) is 7.30. The molecule has 30 heavy (non-hydrogen) atoms. The molecule has 0 radical (unpaired) electrons. The maximum Gasteiger partial charge on any atom is 0.259 e. The quantitative estimate of drug-likeness (QED) is 0.560. The zero-order valence-electron chi connectivity index (χ0n) is 16.7. The van der Waals surface area contributed by atoms with E-state index >= 15 is 0 Å². The van der Waals surface area contributed by atoms with Crippen molar-refractivity contribution in [2.45, 2.75) is 31.9 Å². The van der Waals surface area contributed by atoms with Crippen LogP contribution >= 0.6 is 0 Å². The number of rotatable bonds is 8. The van der Waals surface area contributed by atoms with E-state index in [4.69, 9.17) is 4.74 Å². The van der Waals surface area contributed by atoms with Crippen LogP contribution in [0, 0.1) is 0 Å². The number of methoxy groups -OCH3 is 1.